The Kier molecular flexibility index (Phi) is 5.79. The fraction of sp³-hybridized carbons (Fsp3) is 0.0455. The van der Waals surface area contributed by atoms with Crippen LogP contribution >= 0.6 is 11.6 Å². The largest absolute Gasteiger partial charge is 0.504 e. The molecule has 27 heavy (non-hydrogen) atoms. The van der Waals surface area contributed by atoms with Gasteiger partial charge in [0, 0.05) is 5.02 Å². The predicted molar refractivity (Wildman–Crippen MR) is 112 cm³/mol. The van der Waals surface area contributed by atoms with Gasteiger partial charge in [0.15, 0.2) is 11.5 Å². The van der Waals surface area contributed by atoms with E-state index in [4.69, 9.17) is 22.1 Å². The summed E-state index contributed by atoms with van der Waals surface area (Å²) in [7, 11) is 1.53. The summed E-state index contributed by atoms with van der Waals surface area (Å²) >= 11 is 5.86. The molecule has 0 bridgehead atoms. The number of hydrogen-bond acceptors (Lipinski definition) is 3. The first-order chi connectivity index (χ1) is 13.0. The minimum absolute atomic E-state index is 0.122. The molecule has 0 radical (unpaired) electrons. The van der Waals surface area contributed by atoms with Crippen LogP contribution in [0.4, 0.5) is 5.69 Å². The summed E-state index contributed by atoms with van der Waals surface area (Å²) in [4.78, 5) is 4.32. The Balaban J connectivity index is 1.73. The average Bonchev–Trinajstić information content (AvgIpc) is 2.69. The summed E-state index contributed by atoms with van der Waals surface area (Å²) in [5.41, 5.74) is 9.68. The summed E-state index contributed by atoms with van der Waals surface area (Å²) in [5.74, 6) is 0.976. The number of nitrogens with zero attached hydrogens (tertiary/aromatic N) is 1. The lowest BCUT2D eigenvalue weighted by Gasteiger charge is -2.07. The molecule has 0 aliphatic rings. The third-order valence-corrected chi connectivity index (χ3v) is 4.21. The number of hydrogen-bond donors (Lipinski definition) is 2. The van der Waals surface area contributed by atoms with Gasteiger partial charge in [-0.1, -0.05) is 48.0 Å². The first-order valence-electron chi connectivity index (χ1n) is 8.30. The van der Waals surface area contributed by atoms with Gasteiger partial charge in [0.05, 0.1) is 12.8 Å². The zero-order valence-corrected chi connectivity index (χ0v) is 15.5. The van der Waals surface area contributed by atoms with Crippen molar-refractivity contribution in [2.75, 3.05) is 7.11 Å². The fourth-order valence-corrected chi connectivity index (χ4v) is 2.65. The van der Waals surface area contributed by atoms with Crippen LogP contribution < -0.4 is 10.5 Å². The zero-order valence-electron chi connectivity index (χ0n) is 14.8. The molecule has 0 saturated heterocycles. The van der Waals surface area contributed by atoms with Crippen molar-refractivity contribution in [3.63, 3.8) is 0 Å². The molecule has 0 amide bonds. The third-order valence-electron chi connectivity index (χ3n) is 3.96. The first kappa shape index (κ1) is 18.5. The number of halogens is 1. The Morgan fingerprint density at radius 3 is 2.33 bits per heavy atom. The summed E-state index contributed by atoms with van der Waals surface area (Å²) < 4.78 is 5.16. The highest BCUT2D eigenvalue weighted by Gasteiger charge is 2.04. The number of phenolic OH excluding ortho intramolecular Hbond substituents is 1. The third kappa shape index (κ3) is 4.90. The summed E-state index contributed by atoms with van der Waals surface area (Å²) in [6, 6.07) is 20.4. The number of phenols is 1. The number of amidine groups is 1. The summed E-state index contributed by atoms with van der Waals surface area (Å²) in [6.07, 6.45) is 3.66. The van der Waals surface area contributed by atoms with Gasteiger partial charge in [0.25, 0.3) is 0 Å². The molecule has 4 nitrogen and oxygen atoms in total. The molecule has 3 rings (SSSR count). The van der Waals surface area contributed by atoms with Crippen LogP contribution in [0.15, 0.2) is 77.8 Å². The Labute approximate surface area is 163 Å². The molecule has 0 heterocycles. The highest BCUT2D eigenvalue weighted by Crippen LogP contribution is 2.31. The van der Waals surface area contributed by atoms with Crippen LogP contribution in [0.1, 0.15) is 5.56 Å². The second kappa shape index (κ2) is 8.43. The molecule has 0 aromatic heterocycles. The van der Waals surface area contributed by atoms with Crippen molar-refractivity contribution >= 4 is 29.2 Å². The number of aliphatic imine (C=N–C) groups is 1. The van der Waals surface area contributed by atoms with E-state index in [1.165, 1.54) is 7.11 Å². The van der Waals surface area contributed by atoms with Crippen molar-refractivity contribution in [2.45, 2.75) is 0 Å². The van der Waals surface area contributed by atoms with E-state index >= 15 is 0 Å². The number of rotatable bonds is 5. The highest BCUT2D eigenvalue weighted by molar-refractivity contribution is 6.30. The van der Waals surface area contributed by atoms with Crippen molar-refractivity contribution in [3.05, 3.63) is 83.4 Å². The SMILES string of the molecule is COc1cc(-c2ccc(/C=C/C(N)=Nc3ccc(Cl)cc3)cc2)ccc1O. The molecule has 0 unspecified atom stereocenters. The summed E-state index contributed by atoms with van der Waals surface area (Å²) in [6.45, 7) is 0. The van der Waals surface area contributed by atoms with Crippen molar-refractivity contribution in [2.24, 2.45) is 10.7 Å². The fourth-order valence-electron chi connectivity index (χ4n) is 2.53. The van der Waals surface area contributed by atoms with Crippen molar-refractivity contribution in [1.82, 2.24) is 0 Å². The maximum absolute atomic E-state index is 9.70. The maximum Gasteiger partial charge on any atom is 0.161 e. The Bertz CT molecular complexity index is 978. The molecule has 0 atom stereocenters. The Morgan fingerprint density at radius 1 is 1.00 bits per heavy atom. The minimum atomic E-state index is 0.122. The highest BCUT2D eigenvalue weighted by atomic mass is 35.5. The van der Waals surface area contributed by atoms with E-state index in [1.807, 2.05) is 48.5 Å². The smallest absolute Gasteiger partial charge is 0.161 e. The van der Waals surface area contributed by atoms with E-state index in [9.17, 15) is 5.11 Å². The maximum atomic E-state index is 9.70. The number of aromatic hydroxyl groups is 1. The molecule has 0 aliphatic heterocycles. The molecule has 136 valence electrons. The second-order valence-electron chi connectivity index (χ2n) is 5.86. The van der Waals surface area contributed by atoms with Crippen molar-refractivity contribution in [1.29, 1.82) is 0 Å². The van der Waals surface area contributed by atoms with E-state index in [0.29, 0.717) is 16.6 Å². The van der Waals surface area contributed by atoms with Crippen LogP contribution in [0, 0.1) is 0 Å². The van der Waals surface area contributed by atoms with Gasteiger partial charge >= 0.3 is 0 Å². The van der Waals surface area contributed by atoms with E-state index in [0.717, 1.165) is 22.4 Å². The Morgan fingerprint density at radius 2 is 1.67 bits per heavy atom. The topological polar surface area (TPSA) is 67.8 Å². The molecular weight excluding hydrogens is 360 g/mol. The van der Waals surface area contributed by atoms with Crippen LogP contribution in [0.5, 0.6) is 11.5 Å². The van der Waals surface area contributed by atoms with Gasteiger partial charge in [-0.15, -0.1) is 0 Å². The molecule has 5 heteroatoms. The molecule has 0 spiro atoms. The van der Waals surface area contributed by atoms with Gasteiger partial charge in [-0.05, 0) is 59.2 Å². The zero-order chi connectivity index (χ0) is 19.2. The molecule has 0 aliphatic carbocycles. The van der Waals surface area contributed by atoms with E-state index in [1.54, 1.807) is 30.3 Å². The van der Waals surface area contributed by atoms with Crippen LogP contribution in [0.25, 0.3) is 17.2 Å². The monoisotopic (exact) mass is 378 g/mol. The molecule has 3 aromatic rings. The minimum Gasteiger partial charge on any atom is -0.504 e. The molecular formula is C22H19ClN2O2. The van der Waals surface area contributed by atoms with Crippen molar-refractivity contribution in [3.8, 4) is 22.6 Å². The number of nitrogens with two attached hydrogens (primary N) is 1. The van der Waals surface area contributed by atoms with Crippen LogP contribution in [-0.2, 0) is 0 Å². The number of benzene rings is 3. The van der Waals surface area contributed by atoms with Gasteiger partial charge in [-0.25, -0.2) is 4.99 Å². The normalized spacial score (nSPS) is 11.7. The molecule has 0 fully saturated rings. The lowest BCUT2D eigenvalue weighted by atomic mass is 10.0. The lowest BCUT2D eigenvalue weighted by Crippen LogP contribution is -2.06. The Hall–Kier alpha value is -3.24. The van der Waals surface area contributed by atoms with Crippen molar-refractivity contribution < 1.29 is 9.84 Å². The number of methoxy groups -OCH3 is 1. The molecule has 0 saturated carbocycles. The quantitative estimate of drug-likeness (QED) is 0.460. The van der Waals surface area contributed by atoms with Crippen LogP contribution in [0.2, 0.25) is 5.02 Å². The van der Waals surface area contributed by atoms with Gasteiger partial charge < -0.3 is 15.6 Å². The second-order valence-corrected chi connectivity index (χ2v) is 6.29. The lowest BCUT2D eigenvalue weighted by molar-refractivity contribution is 0.373. The van der Waals surface area contributed by atoms with Crippen LogP contribution in [-0.4, -0.2) is 18.1 Å². The molecule has 3 aromatic carbocycles. The molecule has 3 N–H and O–H groups in total. The van der Waals surface area contributed by atoms with Gasteiger partial charge in [0.1, 0.15) is 5.84 Å². The first-order valence-corrected chi connectivity index (χ1v) is 8.68. The van der Waals surface area contributed by atoms with E-state index in [2.05, 4.69) is 4.99 Å². The van der Waals surface area contributed by atoms with Gasteiger partial charge in [-0.3, -0.25) is 0 Å². The van der Waals surface area contributed by atoms with Gasteiger partial charge in [-0.2, -0.15) is 0 Å². The predicted octanol–water partition coefficient (Wildman–Crippen LogP) is 5.42. The van der Waals surface area contributed by atoms with E-state index in [-0.39, 0.29) is 5.75 Å². The van der Waals surface area contributed by atoms with E-state index < -0.39 is 0 Å². The summed E-state index contributed by atoms with van der Waals surface area (Å²) in [5, 5.41) is 10.4. The van der Waals surface area contributed by atoms with Gasteiger partial charge in [0.2, 0.25) is 0 Å². The van der Waals surface area contributed by atoms with Crippen LogP contribution in [0.3, 0.4) is 0 Å². The standard InChI is InChI=1S/C22H19ClN2O2/c1-27-21-14-17(7-12-20(21)26)16-5-2-15(3-6-16)4-13-22(24)25-19-10-8-18(23)9-11-19/h2-14,26H,1H3,(H2,24,25)/b13-4+. The number of ether oxygens (including phenoxy) is 1. The average molecular weight is 379 g/mol.